The van der Waals surface area contributed by atoms with E-state index in [-0.39, 0.29) is 0 Å². The Kier molecular flexibility index (Phi) is 6.57. The first kappa shape index (κ1) is 11.7. The van der Waals surface area contributed by atoms with Gasteiger partial charge in [-0.3, -0.25) is 0 Å². The molecule has 0 aliphatic rings. The second-order valence-electron chi connectivity index (χ2n) is 3.40. The van der Waals surface area contributed by atoms with Gasteiger partial charge >= 0.3 is 0 Å². The fraction of sp³-hybridized carbons (Fsp3) is 1.00. The van der Waals surface area contributed by atoms with Gasteiger partial charge < -0.3 is 4.43 Å². The molecule has 1 nitrogen and oxygen atoms in total. The highest BCUT2D eigenvalue weighted by molar-refractivity contribution is 9.09. The van der Waals surface area contributed by atoms with Crippen LogP contribution in [0.25, 0.3) is 0 Å². The van der Waals surface area contributed by atoms with E-state index in [1.54, 1.807) is 0 Å². The third-order valence-corrected chi connectivity index (χ3v) is 4.57. The highest BCUT2D eigenvalue weighted by Gasteiger charge is 2.20. The number of hydrogen-bond donors (Lipinski definition) is 0. The van der Waals surface area contributed by atoms with Crippen LogP contribution in [0.2, 0.25) is 19.1 Å². The maximum absolute atomic E-state index is 5.77. The zero-order chi connectivity index (χ0) is 8.74. The van der Waals surface area contributed by atoms with Crippen molar-refractivity contribution in [3.63, 3.8) is 0 Å². The van der Waals surface area contributed by atoms with Gasteiger partial charge in [0.25, 0.3) is 0 Å². The Hall–Kier alpha value is 0.657. The van der Waals surface area contributed by atoms with Crippen LogP contribution in [0.1, 0.15) is 19.8 Å². The Morgan fingerprint density at radius 3 is 2.45 bits per heavy atom. The van der Waals surface area contributed by atoms with Crippen molar-refractivity contribution in [3.8, 4) is 0 Å². The number of halogens is 1. The van der Waals surface area contributed by atoms with E-state index in [0.29, 0.717) is 0 Å². The molecular weight excluding hydrogens is 220 g/mol. The molecule has 0 aliphatic carbocycles. The van der Waals surface area contributed by atoms with E-state index in [4.69, 9.17) is 4.43 Å². The number of hydrogen-bond acceptors (Lipinski definition) is 1. The molecule has 0 fully saturated rings. The van der Waals surface area contributed by atoms with Crippen molar-refractivity contribution in [2.24, 2.45) is 0 Å². The molecule has 0 aromatic carbocycles. The second-order valence-corrected chi connectivity index (χ2v) is 8.50. The number of alkyl halides is 1. The van der Waals surface area contributed by atoms with Crippen molar-refractivity contribution in [2.75, 3.05) is 11.9 Å². The molecule has 0 atom stereocenters. The van der Waals surface area contributed by atoms with Crippen LogP contribution in [-0.2, 0) is 4.43 Å². The Morgan fingerprint density at radius 2 is 2.00 bits per heavy atom. The first-order valence-corrected chi connectivity index (χ1v) is 8.56. The van der Waals surface area contributed by atoms with Gasteiger partial charge in [-0.15, -0.1) is 0 Å². The zero-order valence-electron chi connectivity index (χ0n) is 7.82. The third kappa shape index (κ3) is 7.03. The van der Waals surface area contributed by atoms with Crippen LogP contribution in [0, 0.1) is 0 Å². The third-order valence-electron chi connectivity index (χ3n) is 1.70. The van der Waals surface area contributed by atoms with Gasteiger partial charge in [-0.2, -0.15) is 0 Å². The minimum absolute atomic E-state index is 0.878. The summed E-state index contributed by atoms with van der Waals surface area (Å²) in [6.45, 7) is 7.70. The van der Waals surface area contributed by atoms with Crippen molar-refractivity contribution < 1.29 is 4.43 Å². The minimum atomic E-state index is -1.28. The Labute approximate surface area is 79.8 Å². The lowest BCUT2D eigenvalue weighted by Gasteiger charge is -2.21. The fourth-order valence-electron chi connectivity index (χ4n) is 0.990. The molecule has 0 N–H and O–H groups in total. The van der Waals surface area contributed by atoms with E-state index in [2.05, 4.69) is 35.9 Å². The summed E-state index contributed by atoms with van der Waals surface area (Å²) in [6.07, 6.45) is 2.61. The van der Waals surface area contributed by atoms with E-state index < -0.39 is 8.32 Å². The second kappa shape index (κ2) is 6.20. The molecule has 0 spiro atoms. The summed E-state index contributed by atoms with van der Waals surface area (Å²) in [6, 6.07) is 1.30. The number of rotatable bonds is 6. The quantitative estimate of drug-likeness (QED) is 0.510. The lowest BCUT2D eigenvalue weighted by molar-refractivity contribution is 0.332. The highest BCUT2D eigenvalue weighted by atomic mass is 79.9. The summed E-state index contributed by atoms with van der Waals surface area (Å²) in [4.78, 5) is 0. The van der Waals surface area contributed by atoms with Gasteiger partial charge in [-0.25, -0.2) is 0 Å². The van der Waals surface area contributed by atoms with Gasteiger partial charge in [0, 0.05) is 11.9 Å². The van der Waals surface area contributed by atoms with Crippen LogP contribution in [-0.4, -0.2) is 20.3 Å². The molecule has 0 unspecified atom stereocenters. The first-order chi connectivity index (χ1) is 5.12. The van der Waals surface area contributed by atoms with Crippen molar-refractivity contribution in [3.05, 3.63) is 0 Å². The summed E-state index contributed by atoms with van der Waals surface area (Å²) in [5.41, 5.74) is 0. The van der Waals surface area contributed by atoms with Crippen molar-refractivity contribution in [1.29, 1.82) is 0 Å². The fourth-order valence-corrected chi connectivity index (χ4v) is 3.45. The smallest absolute Gasteiger partial charge is 0.186 e. The molecule has 68 valence electrons. The van der Waals surface area contributed by atoms with Gasteiger partial charge in [0.2, 0.25) is 0 Å². The van der Waals surface area contributed by atoms with E-state index in [9.17, 15) is 0 Å². The largest absolute Gasteiger partial charge is 0.417 e. The van der Waals surface area contributed by atoms with Gasteiger partial charge in [0.15, 0.2) is 8.32 Å². The van der Waals surface area contributed by atoms with Crippen LogP contribution in [0.15, 0.2) is 0 Å². The predicted molar refractivity (Wildman–Crippen MR) is 56.9 cm³/mol. The Balaban J connectivity index is 3.43. The first-order valence-electron chi connectivity index (χ1n) is 4.32. The normalized spacial score (nSPS) is 12.0. The molecule has 0 aromatic rings. The molecule has 0 bridgehead atoms. The maximum atomic E-state index is 5.77. The van der Waals surface area contributed by atoms with Crippen LogP contribution in [0.3, 0.4) is 0 Å². The van der Waals surface area contributed by atoms with E-state index in [0.717, 1.165) is 11.9 Å². The highest BCUT2D eigenvalue weighted by Crippen LogP contribution is 2.14. The average Bonchev–Trinajstić information content (AvgIpc) is 1.97. The standard InChI is InChI=1S/C8H19BrOSi/c1-4-5-8-11(2,3)10-7-6-9/h4-8H2,1-3H3. The van der Waals surface area contributed by atoms with Gasteiger partial charge in [-0.05, 0) is 19.1 Å². The van der Waals surface area contributed by atoms with E-state index >= 15 is 0 Å². The van der Waals surface area contributed by atoms with Crippen molar-refractivity contribution in [2.45, 2.75) is 38.9 Å². The average molecular weight is 239 g/mol. The topological polar surface area (TPSA) is 9.23 Å². The van der Waals surface area contributed by atoms with E-state index in [1.165, 1.54) is 18.9 Å². The molecule has 0 rings (SSSR count). The van der Waals surface area contributed by atoms with Crippen molar-refractivity contribution in [1.82, 2.24) is 0 Å². The Bertz CT molecular complexity index is 86.1. The van der Waals surface area contributed by atoms with Crippen molar-refractivity contribution >= 4 is 24.2 Å². The molecule has 3 heteroatoms. The van der Waals surface area contributed by atoms with Crippen LogP contribution >= 0.6 is 15.9 Å². The van der Waals surface area contributed by atoms with Gasteiger partial charge in [-0.1, -0.05) is 35.7 Å². The summed E-state index contributed by atoms with van der Waals surface area (Å²) >= 11 is 3.37. The summed E-state index contributed by atoms with van der Waals surface area (Å²) in [5, 5.41) is 0.968. The predicted octanol–water partition coefficient (Wildman–Crippen LogP) is 3.40. The number of unbranched alkanes of at least 4 members (excludes halogenated alkanes) is 1. The lowest BCUT2D eigenvalue weighted by Crippen LogP contribution is -2.30. The molecule has 0 aliphatic heterocycles. The molecule has 0 saturated carbocycles. The summed E-state index contributed by atoms with van der Waals surface area (Å²) in [7, 11) is -1.28. The zero-order valence-corrected chi connectivity index (χ0v) is 10.4. The molecule has 0 aromatic heterocycles. The summed E-state index contributed by atoms with van der Waals surface area (Å²) < 4.78 is 5.77. The van der Waals surface area contributed by atoms with Crippen LogP contribution in [0.4, 0.5) is 0 Å². The Morgan fingerprint density at radius 1 is 1.36 bits per heavy atom. The van der Waals surface area contributed by atoms with Gasteiger partial charge in [0.1, 0.15) is 0 Å². The minimum Gasteiger partial charge on any atom is -0.417 e. The monoisotopic (exact) mass is 238 g/mol. The van der Waals surface area contributed by atoms with E-state index in [1.807, 2.05) is 0 Å². The maximum Gasteiger partial charge on any atom is 0.186 e. The van der Waals surface area contributed by atoms with Crippen LogP contribution < -0.4 is 0 Å². The molecule has 11 heavy (non-hydrogen) atoms. The molecule has 0 saturated heterocycles. The molecular formula is C8H19BrOSi. The lowest BCUT2D eigenvalue weighted by atomic mass is 10.4. The van der Waals surface area contributed by atoms with Crippen LogP contribution in [0.5, 0.6) is 0 Å². The molecule has 0 heterocycles. The SMILES string of the molecule is CCCC[Si](C)(C)OCCBr. The summed E-state index contributed by atoms with van der Waals surface area (Å²) in [5.74, 6) is 0. The molecule has 0 amide bonds. The van der Waals surface area contributed by atoms with Gasteiger partial charge in [0.05, 0.1) is 0 Å². The molecule has 0 radical (unpaired) electrons.